The summed E-state index contributed by atoms with van der Waals surface area (Å²) in [7, 11) is 1.56. The minimum atomic E-state index is -0.291. The molecule has 114 valence electrons. The molecule has 0 atom stereocenters. The number of nitrogens with one attached hydrogen (secondary N) is 1. The van der Waals surface area contributed by atoms with E-state index in [0.717, 1.165) is 11.3 Å². The molecule has 0 aliphatic carbocycles. The number of benzene rings is 2. The van der Waals surface area contributed by atoms with Gasteiger partial charge < -0.3 is 9.47 Å². The number of hydrazone groups is 1. The van der Waals surface area contributed by atoms with Crippen molar-refractivity contribution in [2.45, 2.75) is 6.92 Å². The lowest BCUT2D eigenvalue weighted by atomic mass is 10.2. The normalized spacial score (nSPS) is 10.5. The van der Waals surface area contributed by atoms with Gasteiger partial charge in [-0.15, -0.1) is 0 Å². The van der Waals surface area contributed by atoms with Crippen LogP contribution in [0.3, 0.4) is 0 Å². The predicted molar refractivity (Wildman–Crippen MR) is 85.7 cm³/mol. The van der Waals surface area contributed by atoms with Crippen LogP contribution in [-0.2, 0) is 0 Å². The number of nitrogens with zero attached hydrogens (tertiary/aromatic N) is 1. The SMILES string of the molecule is CCOc1ccc(C=NNC(=O)c2cccc(OC)c2)cc1. The van der Waals surface area contributed by atoms with Crippen molar-refractivity contribution in [3.8, 4) is 11.5 Å². The monoisotopic (exact) mass is 298 g/mol. The Hall–Kier alpha value is -2.82. The van der Waals surface area contributed by atoms with E-state index >= 15 is 0 Å². The molecule has 0 aromatic heterocycles. The summed E-state index contributed by atoms with van der Waals surface area (Å²) in [5.41, 5.74) is 3.84. The Morgan fingerprint density at radius 3 is 2.64 bits per heavy atom. The van der Waals surface area contributed by atoms with Crippen LogP contribution >= 0.6 is 0 Å². The van der Waals surface area contributed by atoms with Crippen molar-refractivity contribution in [2.75, 3.05) is 13.7 Å². The fourth-order valence-electron chi connectivity index (χ4n) is 1.81. The van der Waals surface area contributed by atoms with Crippen molar-refractivity contribution >= 4 is 12.1 Å². The first-order valence-corrected chi connectivity index (χ1v) is 6.93. The predicted octanol–water partition coefficient (Wildman–Crippen LogP) is 2.86. The number of hydrogen-bond acceptors (Lipinski definition) is 4. The van der Waals surface area contributed by atoms with E-state index in [1.807, 2.05) is 31.2 Å². The van der Waals surface area contributed by atoms with Crippen LogP contribution in [0.25, 0.3) is 0 Å². The quantitative estimate of drug-likeness (QED) is 0.659. The van der Waals surface area contributed by atoms with Gasteiger partial charge in [-0.05, 0) is 55.0 Å². The third-order valence-electron chi connectivity index (χ3n) is 2.90. The Kier molecular flexibility index (Phi) is 5.54. The molecule has 22 heavy (non-hydrogen) atoms. The molecule has 0 saturated carbocycles. The first-order chi connectivity index (χ1) is 10.7. The molecule has 1 N–H and O–H groups in total. The molecule has 0 fully saturated rings. The van der Waals surface area contributed by atoms with Gasteiger partial charge in [-0.1, -0.05) is 6.07 Å². The van der Waals surface area contributed by atoms with Gasteiger partial charge >= 0.3 is 0 Å². The number of amides is 1. The highest BCUT2D eigenvalue weighted by Crippen LogP contribution is 2.12. The molecule has 0 spiro atoms. The van der Waals surface area contributed by atoms with Crippen LogP contribution in [0.2, 0.25) is 0 Å². The van der Waals surface area contributed by atoms with Crippen molar-refractivity contribution in [3.63, 3.8) is 0 Å². The highest BCUT2D eigenvalue weighted by atomic mass is 16.5. The summed E-state index contributed by atoms with van der Waals surface area (Å²) in [5.74, 6) is 1.14. The molecular weight excluding hydrogens is 280 g/mol. The summed E-state index contributed by atoms with van der Waals surface area (Å²) in [4.78, 5) is 11.9. The van der Waals surface area contributed by atoms with Gasteiger partial charge in [-0.2, -0.15) is 5.10 Å². The van der Waals surface area contributed by atoms with Crippen LogP contribution in [0.5, 0.6) is 11.5 Å². The van der Waals surface area contributed by atoms with Gasteiger partial charge in [0.15, 0.2) is 0 Å². The molecule has 5 heteroatoms. The Morgan fingerprint density at radius 1 is 1.18 bits per heavy atom. The summed E-state index contributed by atoms with van der Waals surface area (Å²) in [6, 6.07) is 14.3. The van der Waals surface area contributed by atoms with E-state index in [1.54, 1.807) is 37.6 Å². The smallest absolute Gasteiger partial charge is 0.271 e. The van der Waals surface area contributed by atoms with E-state index in [4.69, 9.17) is 9.47 Å². The lowest BCUT2D eigenvalue weighted by Gasteiger charge is -2.03. The van der Waals surface area contributed by atoms with Gasteiger partial charge in [-0.3, -0.25) is 4.79 Å². The average molecular weight is 298 g/mol. The van der Waals surface area contributed by atoms with Crippen LogP contribution < -0.4 is 14.9 Å². The fraction of sp³-hybridized carbons (Fsp3) is 0.176. The fourth-order valence-corrected chi connectivity index (χ4v) is 1.81. The molecule has 0 unspecified atom stereocenters. The van der Waals surface area contributed by atoms with E-state index in [9.17, 15) is 4.79 Å². The number of carbonyl (C=O) groups is 1. The van der Waals surface area contributed by atoms with Gasteiger partial charge in [0.1, 0.15) is 11.5 Å². The molecule has 0 radical (unpaired) electrons. The van der Waals surface area contributed by atoms with Crippen molar-refractivity contribution in [2.24, 2.45) is 5.10 Å². The maximum atomic E-state index is 11.9. The zero-order valence-electron chi connectivity index (χ0n) is 12.6. The Labute approximate surface area is 129 Å². The molecule has 0 aliphatic heterocycles. The van der Waals surface area contributed by atoms with Gasteiger partial charge in [0.2, 0.25) is 0 Å². The zero-order valence-corrected chi connectivity index (χ0v) is 12.6. The van der Waals surface area contributed by atoms with Crippen LogP contribution in [0, 0.1) is 0 Å². The van der Waals surface area contributed by atoms with Crippen LogP contribution in [0.4, 0.5) is 0 Å². The first kappa shape index (κ1) is 15.6. The van der Waals surface area contributed by atoms with Crippen LogP contribution in [0.1, 0.15) is 22.8 Å². The largest absolute Gasteiger partial charge is 0.497 e. The summed E-state index contributed by atoms with van der Waals surface area (Å²) >= 11 is 0. The van der Waals surface area contributed by atoms with E-state index < -0.39 is 0 Å². The van der Waals surface area contributed by atoms with Crippen molar-refractivity contribution in [1.29, 1.82) is 0 Å². The van der Waals surface area contributed by atoms with E-state index in [1.165, 1.54) is 0 Å². The number of rotatable bonds is 6. The minimum Gasteiger partial charge on any atom is -0.497 e. The number of carbonyl (C=O) groups excluding carboxylic acids is 1. The second-order valence-corrected chi connectivity index (χ2v) is 4.43. The second kappa shape index (κ2) is 7.83. The van der Waals surface area contributed by atoms with Gasteiger partial charge in [0, 0.05) is 5.56 Å². The molecule has 2 aromatic rings. The van der Waals surface area contributed by atoms with Gasteiger partial charge in [0.25, 0.3) is 5.91 Å². The van der Waals surface area contributed by atoms with Crippen molar-refractivity contribution < 1.29 is 14.3 Å². The first-order valence-electron chi connectivity index (χ1n) is 6.93. The van der Waals surface area contributed by atoms with E-state index in [0.29, 0.717) is 17.9 Å². The maximum Gasteiger partial charge on any atom is 0.271 e. The molecule has 1 amide bonds. The Bertz CT molecular complexity index is 651. The summed E-state index contributed by atoms with van der Waals surface area (Å²) in [6.45, 7) is 2.56. The molecule has 0 heterocycles. The molecule has 0 saturated heterocycles. The standard InChI is InChI=1S/C17H18N2O3/c1-3-22-15-9-7-13(8-10-15)12-18-19-17(20)14-5-4-6-16(11-14)21-2/h4-12H,3H2,1-2H3,(H,19,20). The van der Waals surface area contributed by atoms with E-state index in [-0.39, 0.29) is 5.91 Å². The highest BCUT2D eigenvalue weighted by molar-refractivity contribution is 5.95. The molecule has 0 bridgehead atoms. The van der Waals surface area contributed by atoms with Gasteiger partial charge in [0.05, 0.1) is 19.9 Å². The van der Waals surface area contributed by atoms with Crippen LogP contribution in [0.15, 0.2) is 53.6 Å². The van der Waals surface area contributed by atoms with E-state index in [2.05, 4.69) is 10.5 Å². The minimum absolute atomic E-state index is 0.291. The van der Waals surface area contributed by atoms with Crippen molar-refractivity contribution in [1.82, 2.24) is 5.43 Å². The molecule has 5 nitrogen and oxygen atoms in total. The zero-order chi connectivity index (χ0) is 15.8. The number of methoxy groups -OCH3 is 1. The van der Waals surface area contributed by atoms with Crippen molar-refractivity contribution in [3.05, 3.63) is 59.7 Å². The summed E-state index contributed by atoms with van der Waals surface area (Å²) < 4.78 is 10.4. The molecular formula is C17H18N2O3. The molecule has 2 aromatic carbocycles. The molecule has 2 rings (SSSR count). The summed E-state index contributed by atoms with van der Waals surface area (Å²) in [5, 5.41) is 3.94. The summed E-state index contributed by atoms with van der Waals surface area (Å²) in [6.07, 6.45) is 1.58. The average Bonchev–Trinajstić information content (AvgIpc) is 2.56. The third-order valence-corrected chi connectivity index (χ3v) is 2.90. The Morgan fingerprint density at radius 2 is 1.95 bits per heavy atom. The lowest BCUT2D eigenvalue weighted by molar-refractivity contribution is 0.0955. The number of ether oxygens (including phenoxy) is 2. The van der Waals surface area contributed by atoms with Crippen LogP contribution in [-0.4, -0.2) is 25.8 Å². The van der Waals surface area contributed by atoms with Gasteiger partial charge in [-0.25, -0.2) is 5.43 Å². The third kappa shape index (κ3) is 4.34. The topological polar surface area (TPSA) is 59.9 Å². The lowest BCUT2D eigenvalue weighted by Crippen LogP contribution is -2.17. The highest BCUT2D eigenvalue weighted by Gasteiger charge is 2.04. The maximum absolute atomic E-state index is 11.9. The number of hydrogen-bond donors (Lipinski definition) is 1. The second-order valence-electron chi connectivity index (χ2n) is 4.43. The Balaban J connectivity index is 1.94. The molecule has 0 aliphatic rings.